The Balaban J connectivity index is 2.15. The smallest absolute Gasteiger partial charge is 0.317 e. The Morgan fingerprint density at radius 2 is 1.54 bits per heavy atom. The number of unbranched alkanes of at least 4 members (excludes halogenated alkanes) is 7. The molecular formula is C27H36N2O7S. The Morgan fingerprint density at radius 1 is 0.919 bits per heavy atom. The fourth-order valence-corrected chi connectivity index (χ4v) is 4.43. The summed E-state index contributed by atoms with van der Waals surface area (Å²) in [5, 5.41) is 31.8. The van der Waals surface area contributed by atoms with Crippen LogP contribution in [0.5, 0.6) is 5.75 Å². The summed E-state index contributed by atoms with van der Waals surface area (Å²) in [6.45, 7) is 2.21. The Bertz CT molecular complexity index is 1040. The molecule has 0 aromatic heterocycles. The molecule has 0 aliphatic heterocycles. The van der Waals surface area contributed by atoms with Crippen molar-refractivity contribution in [1.29, 1.82) is 0 Å². The van der Waals surface area contributed by atoms with Crippen molar-refractivity contribution >= 4 is 30.0 Å². The second-order valence-corrected chi connectivity index (χ2v) is 9.66. The fraction of sp³-hybridized carbons (Fsp3) is 0.519. The van der Waals surface area contributed by atoms with Gasteiger partial charge in [0.2, 0.25) is 0 Å². The lowest BCUT2D eigenvalue weighted by Gasteiger charge is -2.20. The number of nitro benzene ring substituents is 2. The van der Waals surface area contributed by atoms with Crippen LogP contribution in [0.2, 0.25) is 0 Å². The minimum Gasteiger partial charge on any atom is -0.481 e. The standard InChI is InChI=1S/C27H36N2O7S/c1-2-3-4-5-6-7-8-11-20-14-16-21(17-15-20)24(12-9-10-13-27(30)31)36-25-19-26(37)23(29(34)35)18-22(25)28(32)33/h14-19,24,37H,2-13H2,1H3,(H,30,31). The van der Waals surface area contributed by atoms with E-state index >= 15 is 0 Å². The fourth-order valence-electron chi connectivity index (χ4n) is 4.17. The van der Waals surface area contributed by atoms with E-state index in [1.807, 2.05) is 24.3 Å². The highest BCUT2D eigenvalue weighted by atomic mass is 32.1. The molecule has 37 heavy (non-hydrogen) atoms. The minimum atomic E-state index is -0.891. The van der Waals surface area contributed by atoms with Gasteiger partial charge in [-0.15, -0.1) is 12.6 Å². The second-order valence-electron chi connectivity index (χ2n) is 9.18. The molecule has 0 aliphatic rings. The van der Waals surface area contributed by atoms with Crippen LogP contribution in [-0.4, -0.2) is 20.9 Å². The molecule has 0 saturated carbocycles. The third-order valence-electron chi connectivity index (χ3n) is 6.25. The van der Waals surface area contributed by atoms with Crippen molar-refractivity contribution in [2.45, 2.75) is 95.0 Å². The molecule has 0 aliphatic carbocycles. The van der Waals surface area contributed by atoms with Crippen LogP contribution in [0, 0.1) is 20.2 Å². The van der Waals surface area contributed by atoms with Crippen molar-refractivity contribution in [3.8, 4) is 5.75 Å². The first kappa shape index (κ1) is 30.1. The van der Waals surface area contributed by atoms with Crippen molar-refractivity contribution < 1.29 is 24.5 Å². The molecule has 0 fully saturated rings. The molecule has 202 valence electrons. The number of carboxylic acids is 1. The summed E-state index contributed by atoms with van der Waals surface area (Å²) in [5.41, 5.74) is 0.999. The summed E-state index contributed by atoms with van der Waals surface area (Å²) in [5.74, 6) is -1.01. The number of carbonyl (C=O) groups is 1. The number of nitrogens with zero attached hydrogens (tertiary/aromatic N) is 2. The Kier molecular flexibility index (Phi) is 12.9. The van der Waals surface area contributed by atoms with Crippen LogP contribution in [-0.2, 0) is 11.2 Å². The molecule has 1 atom stereocenters. The SMILES string of the molecule is CCCCCCCCCc1ccc(C(CCCCC(=O)O)Oc2cc(S)c([N+](=O)[O-])cc2[N+](=O)[O-])cc1. The number of nitro groups is 2. The van der Waals surface area contributed by atoms with Crippen LogP contribution in [0.15, 0.2) is 41.3 Å². The topological polar surface area (TPSA) is 133 Å². The van der Waals surface area contributed by atoms with Gasteiger partial charge < -0.3 is 9.84 Å². The zero-order valence-electron chi connectivity index (χ0n) is 21.3. The number of hydrogen-bond acceptors (Lipinski definition) is 7. The maximum Gasteiger partial charge on any atom is 0.317 e. The van der Waals surface area contributed by atoms with E-state index in [1.54, 1.807) is 0 Å². The lowest BCUT2D eigenvalue weighted by atomic mass is 9.99. The van der Waals surface area contributed by atoms with E-state index in [0.717, 1.165) is 24.5 Å². The number of benzene rings is 2. The number of ether oxygens (including phenoxy) is 1. The molecular weight excluding hydrogens is 496 g/mol. The van der Waals surface area contributed by atoms with Crippen molar-refractivity contribution in [3.63, 3.8) is 0 Å². The predicted molar refractivity (Wildman–Crippen MR) is 145 cm³/mol. The third kappa shape index (κ3) is 10.4. The molecule has 2 aromatic carbocycles. The van der Waals surface area contributed by atoms with Gasteiger partial charge in [-0.25, -0.2) is 0 Å². The van der Waals surface area contributed by atoms with E-state index in [1.165, 1.54) is 50.2 Å². The molecule has 0 saturated heterocycles. The Morgan fingerprint density at radius 3 is 2.14 bits per heavy atom. The highest BCUT2D eigenvalue weighted by Gasteiger charge is 2.26. The van der Waals surface area contributed by atoms with Crippen LogP contribution in [0.25, 0.3) is 0 Å². The lowest BCUT2D eigenvalue weighted by molar-refractivity contribution is -0.396. The lowest BCUT2D eigenvalue weighted by Crippen LogP contribution is -2.10. The first-order valence-corrected chi connectivity index (χ1v) is 13.3. The molecule has 0 bridgehead atoms. The second kappa shape index (κ2) is 15.9. The summed E-state index contributed by atoms with van der Waals surface area (Å²) in [4.78, 5) is 32.2. The van der Waals surface area contributed by atoms with Crippen LogP contribution < -0.4 is 4.74 Å². The van der Waals surface area contributed by atoms with Crippen LogP contribution in [0.1, 0.15) is 94.8 Å². The number of rotatable bonds is 18. The van der Waals surface area contributed by atoms with Crippen molar-refractivity contribution in [1.82, 2.24) is 0 Å². The average molecular weight is 533 g/mol. The van der Waals surface area contributed by atoms with Gasteiger partial charge in [-0.05, 0) is 43.2 Å². The molecule has 0 radical (unpaired) electrons. The van der Waals surface area contributed by atoms with Gasteiger partial charge in [0.15, 0.2) is 5.75 Å². The molecule has 0 spiro atoms. The minimum absolute atomic E-state index is 0.0164. The maximum atomic E-state index is 11.6. The first-order chi connectivity index (χ1) is 17.7. The van der Waals surface area contributed by atoms with Gasteiger partial charge in [-0.3, -0.25) is 25.0 Å². The average Bonchev–Trinajstić information content (AvgIpc) is 2.85. The highest BCUT2D eigenvalue weighted by molar-refractivity contribution is 7.80. The quantitative estimate of drug-likeness (QED) is 0.0864. The summed E-state index contributed by atoms with van der Waals surface area (Å²) >= 11 is 4.11. The summed E-state index contributed by atoms with van der Waals surface area (Å²) in [6, 6.07) is 9.94. The molecule has 0 heterocycles. The van der Waals surface area contributed by atoms with E-state index in [9.17, 15) is 25.0 Å². The number of hydrogen-bond donors (Lipinski definition) is 2. The zero-order chi connectivity index (χ0) is 27.2. The predicted octanol–water partition coefficient (Wildman–Crippen LogP) is 7.85. The molecule has 2 aromatic rings. The molecule has 0 amide bonds. The number of thiol groups is 1. The summed E-state index contributed by atoms with van der Waals surface area (Å²) in [7, 11) is 0. The molecule has 1 N–H and O–H groups in total. The Labute approximate surface area is 222 Å². The molecule has 9 nitrogen and oxygen atoms in total. The van der Waals surface area contributed by atoms with Crippen LogP contribution in [0.3, 0.4) is 0 Å². The van der Waals surface area contributed by atoms with Crippen LogP contribution >= 0.6 is 12.6 Å². The van der Waals surface area contributed by atoms with Gasteiger partial charge in [0.05, 0.1) is 20.8 Å². The Hall–Kier alpha value is -3.14. The van der Waals surface area contributed by atoms with E-state index in [0.29, 0.717) is 19.3 Å². The number of carboxylic acid groups (broad SMARTS) is 1. The van der Waals surface area contributed by atoms with Gasteiger partial charge >= 0.3 is 11.7 Å². The molecule has 1 unspecified atom stereocenters. The highest BCUT2D eigenvalue weighted by Crippen LogP contribution is 2.39. The summed E-state index contributed by atoms with van der Waals surface area (Å²) in [6.07, 6.45) is 10.4. The number of aliphatic carboxylic acids is 1. The van der Waals surface area contributed by atoms with Crippen molar-refractivity contribution in [2.24, 2.45) is 0 Å². The van der Waals surface area contributed by atoms with Gasteiger partial charge in [0.25, 0.3) is 5.69 Å². The third-order valence-corrected chi connectivity index (χ3v) is 6.60. The van der Waals surface area contributed by atoms with Crippen LogP contribution in [0.4, 0.5) is 11.4 Å². The van der Waals surface area contributed by atoms with Gasteiger partial charge in [-0.2, -0.15) is 0 Å². The van der Waals surface area contributed by atoms with Gasteiger partial charge in [-0.1, -0.05) is 69.7 Å². The maximum absolute atomic E-state index is 11.6. The number of aryl methyl sites for hydroxylation is 1. The zero-order valence-corrected chi connectivity index (χ0v) is 22.2. The van der Waals surface area contributed by atoms with Crippen molar-refractivity contribution in [3.05, 3.63) is 67.8 Å². The van der Waals surface area contributed by atoms with Crippen molar-refractivity contribution in [2.75, 3.05) is 0 Å². The monoisotopic (exact) mass is 532 g/mol. The summed E-state index contributed by atoms with van der Waals surface area (Å²) < 4.78 is 6.04. The largest absolute Gasteiger partial charge is 0.481 e. The normalized spacial score (nSPS) is 11.7. The van der Waals surface area contributed by atoms with Gasteiger partial charge in [0, 0.05) is 12.5 Å². The van der Waals surface area contributed by atoms with E-state index in [4.69, 9.17) is 9.84 Å². The first-order valence-electron chi connectivity index (χ1n) is 12.9. The van der Waals surface area contributed by atoms with Gasteiger partial charge in [0.1, 0.15) is 6.10 Å². The van der Waals surface area contributed by atoms with E-state index < -0.39 is 33.3 Å². The van der Waals surface area contributed by atoms with E-state index in [2.05, 4.69) is 19.6 Å². The van der Waals surface area contributed by atoms with E-state index in [-0.39, 0.29) is 17.1 Å². The molecule has 2 rings (SSSR count). The molecule has 10 heteroatoms.